The number of esters is 2. The normalized spacial score (nSPS) is 12.8. The molecule has 0 aliphatic rings. The topological polar surface area (TPSA) is 111 Å². The smallest absolute Gasteiger partial charge is 0.306 e. The third-order valence-corrected chi connectivity index (χ3v) is 15.2. The molecule has 0 aromatic heterocycles. The first-order valence-electron chi connectivity index (χ1n) is 33.5. The van der Waals surface area contributed by atoms with Crippen molar-refractivity contribution in [2.75, 3.05) is 47.5 Å². The molecule has 9 nitrogen and oxygen atoms in total. The number of quaternary nitrogens is 1. The summed E-state index contributed by atoms with van der Waals surface area (Å²) in [5.74, 6) is -2.25. The maximum absolute atomic E-state index is 12.9. The molecule has 0 spiro atoms. The van der Waals surface area contributed by atoms with Crippen LogP contribution in [-0.2, 0) is 33.3 Å². The van der Waals surface area contributed by atoms with Gasteiger partial charge in [0.15, 0.2) is 12.4 Å². The zero-order valence-corrected chi connectivity index (χ0v) is 51.9. The zero-order chi connectivity index (χ0) is 56.2. The van der Waals surface area contributed by atoms with Gasteiger partial charge in [-0.25, -0.2) is 0 Å². The fourth-order valence-electron chi connectivity index (χ4n) is 10.0. The Bertz CT molecular complexity index is 1310. The Hall–Kier alpha value is -2.23. The number of hydrogen-bond donors (Lipinski definition) is 0. The number of rotatable bonds is 63. The molecule has 0 radical (unpaired) electrons. The molecule has 0 amide bonds. The molecule has 2 atom stereocenters. The van der Waals surface area contributed by atoms with Crippen molar-refractivity contribution in [3.05, 3.63) is 24.3 Å². The molecule has 454 valence electrons. The van der Waals surface area contributed by atoms with Gasteiger partial charge in [0.1, 0.15) is 13.2 Å². The number of allylic oxidation sites excluding steroid dienone is 4. The average Bonchev–Trinajstić information content (AvgIpc) is 3.40. The van der Waals surface area contributed by atoms with Gasteiger partial charge in [0.2, 0.25) is 0 Å². The molecule has 0 rings (SSSR count). The van der Waals surface area contributed by atoms with Gasteiger partial charge in [0, 0.05) is 12.8 Å². The molecule has 0 aromatic carbocycles. The van der Waals surface area contributed by atoms with E-state index in [0.29, 0.717) is 17.4 Å². The standard InChI is InChI=1S/C68H129NO8/c1-6-8-10-12-14-16-18-20-22-24-26-28-30-31-32-33-34-35-37-39-41-43-45-47-49-51-53-55-57-59-66(71)77-64(63-76-68(67(72)73)74-61-60-69(3,4)5)62-75-65(70)58-56-54-52-50-48-46-44-42-40-38-36-29-27-25-23-21-19-17-15-13-11-9-7-2/h18,20,24,26,64,68H,6-17,19,21-23,25,27-63H2,1-5H3/b20-18-,26-24-. The number of aliphatic carboxylic acids is 1. The van der Waals surface area contributed by atoms with Crippen LogP contribution in [0.15, 0.2) is 24.3 Å². The SMILES string of the molecule is CCCCCCC/C=C\C/C=C\CCCCCCCCCCCCCCCCCCCC(=O)OC(COC(=O)CCCCCCCCCCCCCCCCCCCCCCCCC)COC(OCC[N+](C)(C)C)C(=O)[O-]. The number of carbonyl (C=O) groups excluding carboxylic acids is 3. The van der Waals surface area contributed by atoms with Gasteiger partial charge in [0.05, 0.1) is 40.3 Å². The summed E-state index contributed by atoms with van der Waals surface area (Å²) in [4.78, 5) is 37.4. The van der Waals surface area contributed by atoms with Crippen LogP contribution < -0.4 is 5.11 Å². The van der Waals surface area contributed by atoms with Crippen LogP contribution in [0.3, 0.4) is 0 Å². The van der Waals surface area contributed by atoms with Crippen molar-refractivity contribution in [2.45, 2.75) is 347 Å². The summed E-state index contributed by atoms with van der Waals surface area (Å²) in [6, 6.07) is 0. The highest BCUT2D eigenvalue weighted by Gasteiger charge is 2.22. The maximum atomic E-state index is 12.9. The number of carbonyl (C=O) groups is 3. The van der Waals surface area contributed by atoms with Crippen molar-refractivity contribution in [3.63, 3.8) is 0 Å². The Balaban J connectivity index is 4.10. The Kier molecular flexibility index (Phi) is 58.1. The Morgan fingerprint density at radius 1 is 0.390 bits per heavy atom. The predicted molar refractivity (Wildman–Crippen MR) is 325 cm³/mol. The first kappa shape index (κ1) is 74.8. The van der Waals surface area contributed by atoms with Crippen LogP contribution in [0.5, 0.6) is 0 Å². The first-order valence-corrected chi connectivity index (χ1v) is 33.5. The minimum absolute atomic E-state index is 0.151. The molecule has 0 N–H and O–H groups in total. The highest BCUT2D eigenvalue weighted by Crippen LogP contribution is 2.18. The highest BCUT2D eigenvalue weighted by molar-refractivity contribution is 5.70. The number of hydrogen-bond acceptors (Lipinski definition) is 8. The number of ether oxygens (including phenoxy) is 4. The largest absolute Gasteiger partial charge is 0.545 e. The third kappa shape index (κ3) is 61.2. The Morgan fingerprint density at radius 3 is 1.03 bits per heavy atom. The summed E-state index contributed by atoms with van der Waals surface area (Å²) < 4.78 is 22.8. The van der Waals surface area contributed by atoms with E-state index in [0.717, 1.165) is 44.9 Å². The lowest BCUT2D eigenvalue weighted by molar-refractivity contribution is -0.870. The molecule has 0 aliphatic heterocycles. The van der Waals surface area contributed by atoms with Crippen molar-refractivity contribution in [3.8, 4) is 0 Å². The second kappa shape index (κ2) is 59.9. The predicted octanol–water partition coefficient (Wildman–Crippen LogP) is 18.9. The molecule has 0 fully saturated rings. The average molecular weight is 1090 g/mol. The number of carboxylic acids is 1. The molecular weight excluding hydrogens is 959 g/mol. The summed E-state index contributed by atoms with van der Waals surface area (Å²) in [7, 11) is 5.94. The second-order valence-corrected chi connectivity index (χ2v) is 24.1. The van der Waals surface area contributed by atoms with Crippen LogP contribution in [0, 0.1) is 0 Å². The molecule has 0 heterocycles. The Morgan fingerprint density at radius 2 is 0.701 bits per heavy atom. The lowest BCUT2D eigenvalue weighted by Crippen LogP contribution is -2.44. The van der Waals surface area contributed by atoms with Crippen LogP contribution in [0.4, 0.5) is 0 Å². The zero-order valence-electron chi connectivity index (χ0n) is 51.9. The van der Waals surface area contributed by atoms with Crippen LogP contribution in [0.25, 0.3) is 0 Å². The van der Waals surface area contributed by atoms with E-state index < -0.39 is 24.3 Å². The van der Waals surface area contributed by atoms with Gasteiger partial charge in [-0.2, -0.15) is 0 Å². The summed E-state index contributed by atoms with van der Waals surface area (Å²) in [5, 5.41) is 11.8. The lowest BCUT2D eigenvalue weighted by Gasteiger charge is -2.26. The number of nitrogens with zero attached hydrogens (tertiary/aromatic N) is 1. The van der Waals surface area contributed by atoms with Gasteiger partial charge in [0.25, 0.3) is 0 Å². The molecule has 9 heteroatoms. The monoisotopic (exact) mass is 1090 g/mol. The third-order valence-electron chi connectivity index (χ3n) is 15.2. The van der Waals surface area contributed by atoms with Crippen molar-refractivity contribution in [2.24, 2.45) is 0 Å². The molecule has 77 heavy (non-hydrogen) atoms. The quantitative estimate of drug-likeness (QED) is 0.0195. The number of likely N-dealkylation sites (N-methyl/N-ethyl adjacent to an activating group) is 1. The van der Waals surface area contributed by atoms with Crippen molar-refractivity contribution in [1.29, 1.82) is 0 Å². The minimum atomic E-state index is -1.62. The first-order chi connectivity index (χ1) is 37.6. The summed E-state index contributed by atoms with van der Waals surface area (Å²) in [6.07, 6.45) is 69.6. The van der Waals surface area contributed by atoms with E-state index in [9.17, 15) is 19.5 Å². The van der Waals surface area contributed by atoms with Crippen LogP contribution in [0.1, 0.15) is 335 Å². The fourth-order valence-corrected chi connectivity index (χ4v) is 10.0. The van der Waals surface area contributed by atoms with Crippen LogP contribution >= 0.6 is 0 Å². The van der Waals surface area contributed by atoms with E-state index in [1.54, 1.807) is 0 Å². The minimum Gasteiger partial charge on any atom is -0.545 e. The van der Waals surface area contributed by atoms with E-state index in [2.05, 4.69) is 38.2 Å². The van der Waals surface area contributed by atoms with Crippen molar-refractivity contribution < 1.29 is 42.9 Å². The summed E-state index contributed by atoms with van der Waals surface area (Å²) in [5.41, 5.74) is 0. The second-order valence-electron chi connectivity index (χ2n) is 24.1. The van der Waals surface area contributed by atoms with E-state index in [-0.39, 0.29) is 32.2 Å². The van der Waals surface area contributed by atoms with Gasteiger partial charge in [-0.15, -0.1) is 0 Å². The molecule has 0 aromatic rings. The number of carboxylic acid groups (broad SMARTS) is 1. The summed E-state index contributed by atoms with van der Waals surface area (Å²) in [6.45, 7) is 4.81. The molecule has 0 saturated heterocycles. The molecule has 0 aliphatic carbocycles. The van der Waals surface area contributed by atoms with Gasteiger partial charge in [-0.1, -0.05) is 301 Å². The fraction of sp³-hybridized carbons (Fsp3) is 0.897. The lowest BCUT2D eigenvalue weighted by atomic mass is 10.0. The number of unbranched alkanes of at least 4 members (excludes halogenated alkanes) is 44. The van der Waals surface area contributed by atoms with Gasteiger partial charge in [-0.05, 0) is 44.9 Å². The van der Waals surface area contributed by atoms with Crippen LogP contribution in [-0.4, -0.2) is 82.3 Å². The van der Waals surface area contributed by atoms with Gasteiger partial charge < -0.3 is 33.3 Å². The van der Waals surface area contributed by atoms with Gasteiger partial charge in [-0.3, -0.25) is 9.59 Å². The van der Waals surface area contributed by atoms with Crippen molar-refractivity contribution >= 4 is 17.9 Å². The molecular formula is C68H129NO8. The molecule has 0 saturated carbocycles. The van der Waals surface area contributed by atoms with E-state index in [4.69, 9.17) is 18.9 Å². The summed E-state index contributed by atoms with van der Waals surface area (Å²) >= 11 is 0. The van der Waals surface area contributed by atoms with E-state index in [1.807, 2.05) is 21.1 Å². The molecule has 2 unspecified atom stereocenters. The van der Waals surface area contributed by atoms with Crippen LogP contribution in [0.2, 0.25) is 0 Å². The highest BCUT2D eigenvalue weighted by atomic mass is 16.7. The Labute approximate surface area is 478 Å². The molecule has 0 bridgehead atoms. The van der Waals surface area contributed by atoms with Gasteiger partial charge >= 0.3 is 11.9 Å². The van der Waals surface area contributed by atoms with Crippen molar-refractivity contribution in [1.82, 2.24) is 0 Å². The van der Waals surface area contributed by atoms with E-state index >= 15 is 0 Å². The van der Waals surface area contributed by atoms with E-state index in [1.165, 1.54) is 263 Å². The maximum Gasteiger partial charge on any atom is 0.306 e.